The molecule has 0 fully saturated rings. The van der Waals surface area contributed by atoms with E-state index in [2.05, 4.69) is 15.5 Å². The van der Waals surface area contributed by atoms with E-state index in [0.717, 1.165) is 36.2 Å². The zero-order valence-corrected chi connectivity index (χ0v) is 16.8. The molecule has 8 nitrogen and oxygen atoms in total. The lowest BCUT2D eigenvalue weighted by Gasteiger charge is -2.05. The van der Waals surface area contributed by atoms with Crippen LogP contribution in [0.25, 0.3) is 11.3 Å². The summed E-state index contributed by atoms with van der Waals surface area (Å²) in [5, 5.41) is 11.7. The standard InChI is InChI=1S/C22H21FN6O2/c23-15-8-10-16(11-9-15)29-18-6-3-5-17(18)20(26-29)21(30)24-12-4-14-28-22(31)27-13-2-1-7-19(27)25-28/h1-2,7-11,13H,3-6,12,14H2,(H,24,30). The predicted octanol–water partition coefficient (Wildman–Crippen LogP) is 2.13. The minimum absolute atomic E-state index is 0.196. The average Bonchev–Trinajstić information content (AvgIpc) is 3.47. The molecule has 0 bridgehead atoms. The molecular formula is C22H21FN6O2. The van der Waals surface area contributed by atoms with Crippen LogP contribution in [0.15, 0.2) is 53.5 Å². The van der Waals surface area contributed by atoms with Gasteiger partial charge in [-0.1, -0.05) is 6.07 Å². The molecule has 1 aliphatic rings. The molecule has 158 valence electrons. The topological polar surface area (TPSA) is 86.2 Å². The van der Waals surface area contributed by atoms with E-state index < -0.39 is 0 Å². The van der Waals surface area contributed by atoms with Gasteiger partial charge >= 0.3 is 5.69 Å². The highest BCUT2D eigenvalue weighted by Crippen LogP contribution is 2.27. The highest BCUT2D eigenvalue weighted by Gasteiger charge is 2.26. The highest BCUT2D eigenvalue weighted by atomic mass is 19.1. The van der Waals surface area contributed by atoms with Gasteiger partial charge in [-0.3, -0.25) is 9.20 Å². The summed E-state index contributed by atoms with van der Waals surface area (Å²) in [6, 6.07) is 11.5. The molecule has 1 N–H and O–H groups in total. The molecular weight excluding hydrogens is 399 g/mol. The van der Waals surface area contributed by atoms with Crippen molar-refractivity contribution in [2.75, 3.05) is 6.54 Å². The van der Waals surface area contributed by atoms with Crippen molar-refractivity contribution in [3.63, 3.8) is 0 Å². The van der Waals surface area contributed by atoms with Crippen LogP contribution in [0, 0.1) is 5.82 Å². The SMILES string of the molecule is O=C(NCCCn1nc2ccccn2c1=O)c1nn(-c2ccc(F)cc2)c2c1CCC2. The molecule has 1 amide bonds. The number of benzene rings is 1. The summed E-state index contributed by atoms with van der Waals surface area (Å²) >= 11 is 0. The lowest BCUT2D eigenvalue weighted by atomic mass is 10.2. The summed E-state index contributed by atoms with van der Waals surface area (Å²) in [6.07, 6.45) is 4.85. The molecule has 5 rings (SSSR count). The molecule has 0 unspecified atom stereocenters. The van der Waals surface area contributed by atoms with Crippen molar-refractivity contribution < 1.29 is 9.18 Å². The number of nitrogens with one attached hydrogen (secondary N) is 1. The summed E-state index contributed by atoms with van der Waals surface area (Å²) < 4.78 is 17.9. The molecule has 4 aromatic rings. The number of hydrogen-bond acceptors (Lipinski definition) is 4. The number of carbonyl (C=O) groups is 1. The largest absolute Gasteiger partial charge is 0.351 e. The fraction of sp³-hybridized carbons (Fsp3) is 0.273. The Morgan fingerprint density at radius 1 is 1.10 bits per heavy atom. The Labute approximate surface area is 176 Å². The van der Waals surface area contributed by atoms with Crippen LogP contribution < -0.4 is 11.0 Å². The lowest BCUT2D eigenvalue weighted by Crippen LogP contribution is -2.28. The first-order valence-corrected chi connectivity index (χ1v) is 10.3. The average molecular weight is 420 g/mol. The van der Waals surface area contributed by atoms with Gasteiger partial charge in [-0.25, -0.2) is 18.5 Å². The minimum Gasteiger partial charge on any atom is -0.351 e. The van der Waals surface area contributed by atoms with E-state index in [9.17, 15) is 14.0 Å². The second-order valence-electron chi connectivity index (χ2n) is 7.56. The van der Waals surface area contributed by atoms with E-state index in [0.29, 0.717) is 30.9 Å². The maximum absolute atomic E-state index is 13.3. The summed E-state index contributed by atoms with van der Waals surface area (Å²) in [5.74, 6) is -0.545. The van der Waals surface area contributed by atoms with E-state index in [-0.39, 0.29) is 17.4 Å². The van der Waals surface area contributed by atoms with Crippen LogP contribution >= 0.6 is 0 Å². The first-order chi connectivity index (χ1) is 15.1. The number of aryl methyl sites for hydroxylation is 1. The molecule has 0 saturated heterocycles. The maximum Gasteiger partial charge on any atom is 0.350 e. The van der Waals surface area contributed by atoms with Crippen LogP contribution in [0.5, 0.6) is 0 Å². The van der Waals surface area contributed by atoms with Crippen molar-refractivity contribution in [3.8, 4) is 5.69 Å². The summed E-state index contributed by atoms with van der Waals surface area (Å²) in [7, 11) is 0. The van der Waals surface area contributed by atoms with Gasteiger partial charge in [0.15, 0.2) is 11.3 Å². The quantitative estimate of drug-likeness (QED) is 0.484. The first-order valence-electron chi connectivity index (χ1n) is 10.3. The van der Waals surface area contributed by atoms with Crippen LogP contribution in [0.4, 0.5) is 4.39 Å². The molecule has 0 aliphatic heterocycles. The predicted molar refractivity (Wildman–Crippen MR) is 112 cm³/mol. The monoisotopic (exact) mass is 420 g/mol. The number of rotatable bonds is 6. The summed E-state index contributed by atoms with van der Waals surface area (Å²) in [5.41, 5.74) is 3.52. The van der Waals surface area contributed by atoms with Crippen LogP contribution in [0.1, 0.15) is 34.6 Å². The van der Waals surface area contributed by atoms with Gasteiger partial charge in [0.1, 0.15) is 5.82 Å². The Bertz CT molecular complexity index is 1320. The van der Waals surface area contributed by atoms with Crippen LogP contribution in [-0.4, -0.2) is 36.4 Å². The van der Waals surface area contributed by atoms with Crippen molar-refractivity contribution >= 4 is 11.6 Å². The number of pyridine rings is 1. The molecule has 31 heavy (non-hydrogen) atoms. The van der Waals surface area contributed by atoms with Crippen molar-refractivity contribution in [2.24, 2.45) is 0 Å². The van der Waals surface area contributed by atoms with Crippen molar-refractivity contribution in [1.82, 2.24) is 29.3 Å². The molecule has 0 atom stereocenters. The van der Waals surface area contributed by atoms with Crippen LogP contribution in [0.2, 0.25) is 0 Å². The van der Waals surface area contributed by atoms with E-state index >= 15 is 0 Å². The van der Waals surface area contributed by atoms with Crippen molar-refractivity contribution in [2.45, 2.75) is 32.2 Å². The molecule has 9 heteroatoms. The van der Waals surface area contributed by atoms with Crippen LogP contribution in [-0.2, 0) is 19.4 Å². The third-order valence-corrected chi connectivity index (χ3v) is 5.54. The zero-order chi connectivity index (χ0) is 21.4. The fourth-order valence-corrected chi connectivity index (χ4v) is 4.04. The van der Waals surface area contributed by atoms with E-state index in [4.69, 9.17) is 0 Å². The van der Waals surface area contributed by atoms with Crippen molar-refractivity contribution in [3.05, 3.63) is 81.9 Å². The fourth-order valence-electron chi connectivity index (χ4n) is 4.04. The maximum atomic E-state index is 13.3. The Morgan fingerprint density at radius 2 is 1.94 bits per heavy atom. The molecule has 3 heterocycles. The van der Waals surface area contributed by atoms with E-state index in [1.165, 1.54) is 21.2 Å². The molecule has 3 aromatic heterocycles. The molecule has 0 radical (unpaired) electrons. The Hall–Kier alpha value is -3.75. The van der Waals surface area contributed by atoms with Gasteiger partial charge in [0, 0.05) is 30.5 Å². The van der Waals surface area contributed by atoms with Gasteiger partial charge in [0.25, 0.3) is 5.91 Å². The molecule has 0 spiro atoms. The van der Waals surface area contributed by atoms with Gasteiger partial charge in [0.05, 0.1) is 5.69 Å². The zero-order valence-electron chi connectivity index (χ0n) is 16.8. The van der Waals surface area contributed by atoms with Crippen LogP contribution in [0.3, 0.4) is 0 Å². The normalized spacial score (nSPS) is 12.9. The first kappa shape index (κ1) is 19.2. The molecule has 1 aromatic carbocycles. The molecule has 1 aliphatic carbocycles. The highest BCUT2D eigenvalue weighted by molar-refractivity contribution is 5.94. The van der Waals surface area contributed by atoms with E-state index in [1.807, 2.05) is 6.07 Å². The second kappa shape index (κ2) is 7.82. The number of hydrogen-bond donors (Lipinski definition) is 1. The molecule has 0 saturated carbocycles. The van der Waals surface area contributed by atoms with Crippen molar-refractivity contribution in [1.29, 1.82) is 0 Å². The summed E-state index contributed by atoms with van der Waals surface area (Å²) in [6.45, 7) is 0.806. The Morgan fingerprint density at radius 3 is 2.74 bits per heavy atom. The lowest BCUT2D eigenvalue weighted by molar-refractivity contribution is 0.0946. The van der Waals surface area contributed by atoms with Gasteiger partial charge < -0.3 is 5.32 Å². The van der Waals surface area contributed by atoms with E-state index in [1.54, 1.807) is 35.1 Å². The van der Waals surface area contributed by atoms with Gasteiger partial charge in [0.2, 0.25) is 0 Å². The number of carbonyl (C=O) groups excluding carboxylic acids is 1. The summed E-state index contributed by atoms with van der Waals surface area (Å²) in [4.78, 5) is 25.1. The number of fused-ring (bicyclic) bond motifs is 2. The number of nitrogens with zero attached hydrogens (tertiary/aromatic N) is 5. The minimum atomic E-state index is -0.310. The number of amides is 1. The third-order valence-electron chi connectivity index (χ3n) is 5.54. The van der Waals surface area contributed by atoms with Gasteiger partial charge in [-0.2, -0.15) is 5.10 Å². The number of halogens is 1. The van der Waals surface area contributed by atoms with Gasteiger partial charge in [-0.05, 0) is 62.1 Å². The van der Waals surface area contributed by atoms with Gasteiger partial charge in [-0.15, -0.1) is 5.10 Å². The number of aromatic nitrogens is 5. The third kappa shape index (κ3) is 3.52. The smallest absolute Gasteiger partial charge is 0.350 e. The second-order valence-corrected chi connectivity index (χ2v) is 7.56. The Kier molecular flexibility index (Phi) is 4.85. The Balaban J connectivity index is 1.26.